The summed E-state index contributed by atoms with van der Waals surface area (Å²) in [6.07, 6.45) is 5.00. The van der Waals surface area contributed by atoms with Crippen LogP contribution < -0.4 is 4.74 Å². The zero-order valence-electron chi connectivity index (χ0n) is 18.1. The van der Waals surface area contributed by atoms with Gasteiger partial charge in [0, 0.05) is 26.9 Å². The van der Waals surface area contributed by atoms with Crippen molar-refractivity contribution in [1.29, 1.82) is 0 Å². The maximum absolute atomic E-state index is 6.16. The summed E-state index contributed by atoms with van der Waals surface area (Å²) in [7, 11) is 2.21. The molecule has 4 rings (SSSR count). The topological polar surface area (TPSA) is 41.1 Å². The molecule has 0 bridgehead atoms. The lowest BCUT2D eigenvalue weighted by molar-refractivity contribution is 0.200. The SMILES string of the molecule is Cc1[nH]c(-c2ccc(OCCCC3CCN(C)CC3)cc2)nc1-c1cc(Cl)cc(Cl)c1. The Morgan fingerprint density at radius 1 is 1.03 bits per heavy atom. The van der Waals surface area contributed by atoms with Crippen molar-refractivity contribution in [3.63, 3.8) is 0 Å². The number of hydrogen-bond donors (Lipinski definition) is 1. The number of aryl methyl sites for hydroxylation is 1. The molecular weight excluding hydrogens is 429 g/mol. The van der Waals surface area contributed by atoms with E-state index in [9.17, 15) is 0 Å². The third kappa shape index (κ3) is 5.82. The van der Waals surface area contributed by atoms with Crippen molar-refractivity contribution in [1.82, 2.24) is 14.9 Å². The summed E-state index contributed by atoms with van der Waals surface area (Å²) in [5.41, 5.74) is 3.75. The second-order valence-corrected chi connectivity index (χ2v) is 9.35. The van der Waals surface area contributed by atoms with Crippen LogP contribution in [0.4, 0.5) is 0 Å². The largest absolute Gasteiger partial charge is 0.494 e. The van der Waals surface area contributed by atoms with E-state index in [0.717, 1.165) is 53.0 Å². The average molecular weight is 458 g/mol. The molecule has 3 aromatic rings. The standard InChI is InChI=1S/C25H29Cl2N3O/c1-17-24(20-14-21(26)16-22(27)15-20)29-25(28-17)19-5-7-23(8-6-19)31-13-3-4-18-9-11-30(2)12-10-18/h5-8,14-16,18H,3-4,9-13H2,1-2H3,(H,28,29). The lowest BCUT2D eigenvalue weighted by Crippen LogP contribution is -2.30. The maximum Gasteiger partial charge on any atom is 0.138 e. The lowest BCUT2D eigenvalue weighted by atomic mass is 9.93. The molecule has 31 heavy (non-hydrogen) atoms. The predicted octanol–water partition coefficient (Wildman–Crippen LogP) is 6.86. The molecule has 1 saturated heterocycles. The Morgan fingerprint density at radius 2 is 1.71 bits per heavy atom. The number of imidazole rings is 1. The number of hydrogen-bond acceptors (Lipinski definition) is 3. The minimum Gasteiger partial charge on any atom is -0.494 e. The molecule has 0 saturated carbocycles. The van der Waals surface area contributed by atoms with Crippen molar-refractivity contribution in [3.8, 4) is 28.4 Å². The van der Waals surface area contributed by atoms with Gasteiger partial charge in [0.05, 0.1) is 12.3 Å². The molecule has 4 nitrogen and oxygen atoms in total. The number of likely N-dealkylation sites (tertiary alicyclic amines) is 1. The number of nitrogens with one attached hydrogen (secondary N) is 1. The van der Waals surface area contributed by atoms with E-state index in [1.807, 2.05) is 43.3 Å². The van der Waals surface area contributed by atoms with E-state index in [2.05, 4.69) is 16.9 Å². The number of ether oxygens (including phenoxy) is 1. The number of nitrogens with zero attached hydrogens (tertiary/aromatic N) is 2. The molecular formula is C25H29Cl2N3O. The summed E-state index contributed by atoms with van der Waals surface area (Å²) in [4.78, 5) is 10.6. The van der Waals surface area contributed by atoms with Crippen LogP contribution in [0.2, 0.25) is 10.0 Å². The van der Waals surface area contributed by atoms with Gasteiger partial charge in [-0.25, -0.2) is 4.98 Å². The van der Waals surface area contributed by atoms with Gasteiger partial charge in [0.25, 0.3) is 0 Å². The van der Waals surface area contributed by atoms with Crippen LogP contribution in [-0.4, -0.2) is 41.6 Å². The van der Waals surface area contributed by atoms with Crippen LogP contribution in [0.15, 0.2) is 42.5 Å². The molecule has 1 fully saturated rings. The highest BCUT2D eigenvalue weighted by atomic mass is 35.5. The summed E-state index contributed by atoms with van der Waals surface area (Å²) in [6.45, 7) is 5.23. The summed E-state index contributed by atoms with van der Waals surface area (Å²) < 4.78 is 5.96. The Kier molecular flexibility index (Phi) is 7.21. The molecule has 0 unspecified atom stereocenters. The van der Waals surface area contributed by atoms with Crippen molar-refractivity contribution >= 4 is 23.2 Å². The molecule has 1 aliphatic rings. The Bertz CT molecular complexity index is 988. The summed E-state index contributed by atoms with van der Waals surface area (Å²) in [5.74, 6) is 2.57. The second-order valence-electron chi connectivity index (χ2n) is 8.48. The fraction of sp³-hybridized carbons (Fsp3) is 0.400. The minimum atomic E-state index is 0.601. The zero-order chi connectivity index (χ0) is 21.8. The van der Waals surface area contributed by atoms with Crippen molar-refractivity contribution in [3.05, 3.63) is 58.2 Å². The zero-order valence-corrected chi connectivity index (χ0v) is 19.6. The Labute approximate surface area is 194 Å². The molecule has 0 aliphatic carbocycles. The molecule has 1 aromatic heterocycles. The van der Waals surface area contributed by atoms with Gasteiger partial charge in [0.15, 0.2) is 0 Å². The number of H-pyrrole nitrogens is 1. The summed E-state index contributed by atoms with van der Waals surface area (Å²) in [6, 6.07) is 13.6. The first-order valence-electron chi connectivity index (χ1n) is 10.9. The molecule has 0 atom stereocenters. The third-order valence-corrected chi connectivity index (χ3v) is 6.45. The van der Waals surface area contributed by atoms with Gasteiger partial charge < -0.3 is 14.6 Å². The second kappa shape index (κ2) is 10.1. The first-order chi connectivity index (χ1) is 15.0. The van der Waals surface area contributed by atoms with Crippen LogP contribution in [-0.2, 0) is 0 Å². The average Bonchev–Trinajstić information content (AvgIpc) is 3.14. The Morgan fingerprint density at radius 3 is 2.39 bits per heavy atom. The van der Waals surface area contributed by atoms with Crippen LogP contribution >= 0.6 is 23.2 Å². The maximum atomic E-state index is 6.16. The normalized spacial score (nSPS) is 15.4. The van der Waals surface area contributed by atoms with E-state index >= 15 is 0 Å². The van der Waals surface area contributed by atoms with Gasteiger partial charge in [-0.15, -0.1) is 0 Å². The van der Waals surface area contributed by atoms with E-state index in [-0.39, 0.29) is 0 Å². The monoisotopic (exact) mass is 457 g/mol. The highest BCUT2D eigenvalue weighted by molar-refractivity contribution is 6.35. The van der Waals surface area contributed by atoms with E-state index in [0.29, 0.717) is 10.0 Å². The molecule has 0 spiro atoms. The number of piperidine rings is 1. The first-order valence-corrected chi connectivity index (χ1v) is 11.7. The number of aromatic nitrogens is 2. The van der Waals surface area contributed by atoms with Crippen molar-refractivity contribution < 1.29 is 4.74 Å². The molecule has 2 heterocycles. The summed E-state index contributed by atoms with van der Waals surface area (Å²) >= 11 is 12.3. The van der Waals surface area contributed by atoms with E-state index < -0.39 is 0 Å². The minimum absolute atomic E-state index is 0.601. The quantitative estimate of drug-likeness (QED) is 0.393. The molecule has 164 valence electrons. The number of benzene rings is 2. The van der Waals surface area contributed by atoms with Crippen molar-refractivity contribution in [2.45, 2.75) is 32.6 Å². The number of aromatic amines is 1. The van der Waals surface area contributed by atoms with Crippen LogP contribution in [0, 0.1) is 12.8 Å². The van der Waals surface area contributed by atoms with Gasteiger partial charge >= 0.3 is 0 Å². The van der Waals surface area contributed by atoms with Gasteiger partial charge in [-0.2, -0.15) is 0 Å². The third-order valence-electron chi connectivity index (χ3n) is 6.01. The van der Waals surface area contributed by atoms with Gasteiger partial charge in [-0.1, -0.05) is 23.2 Å². The first kappa shape index (κ1) is 22.2. The molecule has 2 aromatic carbocycles. The van der Waals surface area contributed by atoms with E-state index in [1.165, 1.54) is 32.4 Å². The van der Waals surface area contributed by atoms with E-state index in [4.69, 9.17) is 32.9 Å². The van der Waals surface area contributed by atoms with Crippen LogP contribution in [0.3, 0.4) is 0 Å². The highest BCUT2D eigenvalue weighted by Gasteiger charge is 2.16. The molecule has 0 amide bonds. The Hall–Kier alpha value is -2.01. The van der Waals surface area contributed by atoms with Crippen LogP contribution in [0.5, 0.6) is 5.75 Å². The smallest absolute Gasteiger partial charge is 0.138 e. The van der Waals surface area contributed by atoms with Crippen molar-refractivity contribution in [2.24, 2.45) is 5.92 Å². The van der Waals surface area contributed by atoms with Gasteiger partial charge in [-0.05, 0) is 101 Å². The Balaban J connectivity index is 1.34. The number of halogens is 2. The van der Waals surface area contributed by atoms with Gasteiger partial charge in [0.2, 0.25) is 0 Å². The molecule has 1 aliphatic heterocycles. The van der Waals surface area contributed by atoms with E-state index in [1.54, 1.807) is 6.07 Å². The number of rotatable bonds is 7. The summed E-state index contributed by atoms with van der Waals surface area (Å²) in [5, 5.41) is 1.20. The van der Waals surface area contributed by atoms with Gasteiger partial charge in [-0.3, -0.25) is 0 Å². The lowest BCUT2D eigenvalue weighted by Gasteiger charge is -2.28. The predicted molar refractivity (Wildman–Crippen MR) is 129 cm³/mol. The van der Waals surface area contributed by atoms with Gasteiger partial charge in [0.1, 0.15) is 11.6 Å². The molecule has 0 radical (unpaired) electrons. The van der Waals surface area contributed by atoms with Crippen LogP contribution in [0.1, 0.15) is 31.4 Å². The fourth-order valence-electron chi connectivity index (χ4n) is 4.19. The van der Waals surface area contributed by atoms with Crippen molar-refractivity contribution in [2.75, 3.05) is 26.7 Å². The highest BCUT2D eigenvalue weighted by Crippen LogP contribution is 2.30. The van der Waals surface area contributed by atoms with Crippen LogP contribution in [0.25, 0.3) is 22.6 Å². The fourth-order valence-corrected chi connectivity index (χ4v) is 4.72. The molecule has 6 heteroatoms. The molecule has 1 N–H and O–H groups in total.